The molecule has 4 aromatic rings. The number of hydrogen-bond donors (Lipinski definition) is 0. The van der Waals surface area contributed by atoms with Crippen molar-refractivity contribution in [3.63, 3.8) is 0 Å². The molecule has 32 heavy (non-hydrogen) atoms. The summed E-state index contributed by atoms with van der Waals surface area (Å²) in [6.07, 6.45) is 2.43. The number of aromatic amines is 1. The number of thiophene rings is 1. The number of H-pyrrole nitrogens is 1. The van der Waals surface area contributed by atoms with Crippen LogP contribution in [-0.4, -0.2) is 41.5 Å². The molecule has 2 aliphatic rings. The van der Waals surface area contributed by atoms with Crippen LogP contribution in [0.1, 0.15) is 25.0 Å². The van der Waals surface area contributed by atoms with E-state index < -0.39 is 0 Å². The van der Waals surface area contributed by atoms with E-state index >= 15 is 0 Å². The van der Waals surface area contributed by atoms with Gasteiger partial charge in [0.05, 0.1) is 42.1 Å². The minimum Gasteiger partial charge on any atom is -0.373 e. The first-order chi connectivity index (χ1) is 15.5. The summed E-state index contributed by atoms with van der Waals surface area (Å²) < 4.78 is 14.1. The summed E-state index contributed by atoms with van der Waals surface area (Å²) in [7, 11) is 0. The zero-order valence-corrected chi connectivity index (χ0v) is 19.0. The Morgan fingerprint density at radius 3 is 2.69 bits per heavy atom. The van der Waals surface area contributed by atoms with E-state index in [-0.39, 0.29) is 11.2 Å². The maximum atomic E-state index is 13.4. The lowest BCUT2D eigenvalue weighted by Gasteiger charge is -2.33. The largest absolute Gasteiger partial charge is 0.373 e. The molecular formula is C24H25N4O3S+. The first kappa shape index (κ1) is 19.8. The van der Waals surface area contributed by atoms with Gasteiger partial charge in [-0.05, 0) is 31.5 Å². The Hall–Kier alpha value is -2.81. The lowest BCUT2D eigenvalue weighted by Crippen LogP contribution is -2.42. The lowest BCUT2D eigenvalue weighted by atomic mass is 9.90. The molecule has 3 aromatic heterocycles. The molecule has 0 aliphatic carbocycles. The Morgan fingerprint density at radius 1 is 1.12 bits per heavy atom. The number of morpholine rings is 1. The van der Waals surface area contributed by atoms with E-state index in [2.05, 4.69) is 23.7 Å². The number of anilines is 1. The van der Waals surface area contributed by atoms with Crippen LogP contribution < -0.4 is 15.4 Å². The van der Waals surface area contributed by atoms with Gasteiger partial charge in [0.15, 0.2) is 4.83 Å². The fourth-order valence-electron chi connectivity index (χ4n) is 4.74. The van der Waals surface area contributed by atoms with E-state index in [1.165, 1.54) is 22.5 Å². The SMILES string of the molecule is CC1(C)Cc2c(c(N3CCOCC3)[nH+]c3sc4c(=O)n(-c5ccccc5)cnc4c23)CO1. The van der Waals surface area contributed by atoms with Crippen LogP contribution in [0.25, 0.3) is 26.1 Å². The van der Waals surface area contributed by atoms with Gasteiger partial charge < -0.3 is 9.47 Å². The Labute approximate surface area is 189 Å². The van der Waals surface area contributed by atoms with Gasteiger partial charge in [-0.1, -0.05) is 29.5 Å². The molecule has 7 nitrogen and oxygen atoms in total. The second-order valence-electron chi connectivity index (χ2n) is 8.99. The van der Waals surface area contributed by atoms with Crippen LogP contribution in [0.3, 0.4) is 0 Å². The maximum absolute atomic E-state index is 13.4. The van der Waals surface area contributed by atoms with Crippen molar-refractivity contribution in [1.29, 1.82) is 0 Å². The third-order valence-electron chi connectivity index (χ3n) is 6.35. The predicted molar refractivity (Wildman–Crippen MR) is 125 cm³/mol. The fraction of sp³-hybridized carbons (Fsp3) is 0.375. The average molecular weight is 450 g/mol. The molecule has 2 aliphatic heterocycles. The van der Waals surface area contributed by atoms with Crippen LogP contribution in [0.2, 0.25) is 0 Å². The molecular weight excluding hydrogens is 424 g/mol. The van der Waals surface area contributed by atoms with Crippen LogP contribution in [0, 0.1) is 0 Å². The molecule has 0 radical (unpaired) electrons. The van der Waals surface area contributed by atoms with Gasteiger partial charge >= 0.3 is 0 Å². The highest BCUT2D eigenvalue weighted by Crippen LogP contribution is 2.40. The molecule has 0 saturated carbocycles. The first-order valence-electron chi connectivity index (χ1n) is 10.9. The van der Waals surface area contributed by atoms with Crippen molar-refractivity contribution >= 4 is 37.6 Å². The summed E-state index contributed by atoms with van der Waals surface area (Å²) >= 11 is 1.50. The van der Waals surface area contributed by atoms with Gasteiger partial charge in [0, 0.05) is 6.42 Å². The van der Waals surface area contributed by atoms with Gasteiger partial charge in [-0.25, -0.2) is 9.97 Å². The standard InChI is InChI=1S/C24H24N4O3S/c1-24(2)12-16-17(13-31-24)21(27-8-10-30-11-9-27)26-22-18(16)19-20(32-22)23(29)28(14-25-19)15-6-4-3-5-7-15/h3-7,14H,8-13H2,1-2H3/p+1. The summed E-state index contributed by atoms with van der Waals surface area (Å²) in [6.45, 7) is 7.88. The topological polar surface area (TPSA) is 70.7 Å². The summed E-state index contributed by atoms with van der Waals surface area (Å²) in [5.41, 5.74) is 3.71. The van der Waals surface area contributed by atoms with E-state index in [4.69, 9.17) is 14.5 Å². The van der Waals surface area contributed by atoms with Gasteiger partial charge in [0.1, 0.15) is 29.6 Å². The average Bonchev–Trinajstić information content (AvgIpc) is 3.19. The number of rotatable bonds is 2. The number of hydrogen-bond acceptors (Lipinski definition) is 6. The Kier molecular flexibility index (Phi) is 4.57. The van der Waals surface area contributed by atoms with Gasteiger partial charge in [0.2, 0.25) is 0 Å². The highest BCUT2D eigenvalue weighted by Gasteiger charge is 2.36. The van der Waals surface area contributed by atoms with Crippen LogP contribution in [0.4, 0.5) is 5.82 Å². The molecule has 0 bridgehead atoms. The number of pyridine rings is 1. The highest BCUT2D eigenvalue weighted by molar-refractivity contribution is 7.25. The second-order valence-corrected chi connectivity index (χ2v) is 10.0. The van der Waals surface area contributed by atoms with Crippen molar-refractivity contribution in [2.24, 2.45) is 0 Å². The Morgan fingerprint density at radius 2 is 1.91 bits per heavy atom. The van der Waals surface area contributed by atoms with Gasteiger partial charge in [-0.3, -0.25) is 14.3 Å². The first-order valence-corrected chi connectivity index (χ1v) is 11.8. The third-order valence-corrected chi connectivity index (χ3v) is 7.44. The molecule has 6 rings (SSSR count). The minimum absolute atomic E-state index is 0.0382. The zero-order chi connectivity index (χ0) is 21.9. The molecule has 1 saturated heterocycles. The van der Waals surface area contributed by atoms with Crippen molar-refractivity contribution in [3.05, 3.63) is 58.1 Å². The van der Waals surface area contributed by atoms with Crippen molar-refractivity contribution in [2.45, 2.75) is 32.5 Å². The number of nitrogens with one attached hydrogen (secondary N) is 1. The fourth-order valence-corrected chi connectivity index (χ4v) is 5.85. The number of fused-ring (bicyclic) bond motifs is 5. The summed E-state index contributed by atoms with van der Waals surface area (Å²) in [6, 6.07) is 9.65. The number of ether oxygens (including phenoxy) is 2. The van der Waals surface area contributed by atoms with Crippen LogP contribution >= 0.6 is 11.3 Å². The highest BCUT2D eigenvalue weighted by atomic mass is 32.1. The number of para-hydroxylation sites is 1. The molecule has 0 amide bonds. The van der Waals surface area contributed by atoms with Crippen molar-refractivity contribution < 1.29 is 14.5 Å². The molecule has 8 heteroatoms. The third kappa shape index (κ3) is 3.13. The van der Waals surface area contributed by atoms with Crippen LogP contribution in [0.15, 0.2) is 41.5 Å². The normalized spacial score (nSPS) is 18.2. The Bertz CT molecular complexity index is 1390. The van der Waals surface area contributed by atoms with Crippen molar-refractivity contribution in [3.8, 4) is 5.69 Å². The molecule has 1 fully saturated rings. The zero-order valence-electron chi connectivity index (χ0n) is 18.2. The van der Waals surface area contributed by atoms with Gasteiger partial charge in [-0.15, -0.1) is 0 Å². The molecule has 0 spiro atoms. The van der Waals surface area contributed by atoms with E-state index in [1.807, 2.05) is 30.3 Å². The molecule has 1 N–H and O–H groups in total. The number of benzene rings is 1. The Balaban J connectivity index is 1.63. The molecule has 0 unspecified atom stereocenters. The monoisotopic (exact) mass is 449 g/mol. The molecule has 0 atom stereocenters. The van der Waals surface area contributed by atoms with Crippen LogP contribution in [0.5, 0.6) is 0 Å². The van der Waals surface area contributed by atoms with E-state index in [9.17, 15) is 4.79 Å². The lowest BCUT2D eigenvalue weighted by molar-refractivity contribution is -0.329. The number of nitrogens with zero attached hydrogens (tertiary/aromatic N) is 3. The summed E-state index contributed by atoms with van der Waals surface area (Å²) in [5, 5.41) is 1.06. The van der Waals surface area contributed by atoms with E-state index in [0.717, 1.165) is 46.7 Å². The van der Waals surface area contributed by atoms with Crippen molar-refractivity contribution in [2.75, 3.05) is 31.2 Å². The van der Waals surface area contributed by atoms with Crippen molar-refractivity contribution in [1.82, 2.24) is 9.55 Å². The van der Waals surface area contributed by atoms with E-state index in [1.54, 1.807) is 10.9 Å². The summed E-state index contributed by atoms with van der Waals surface area (Å²) in [4.78, 5) is 25.2. The minimum atomic E-state index is -0.267. The number of aromatic nitrogens is 3. The van der Waals surface area contributed by atoms with Gasteiger partial charge in [0.25, 0.3) is 11.4 Å². The quantitative estimate of drug-likeness (QED) is 0.470. The second kappa shape index (κ2) is 7.37. The smallest absolute Gasteiger partial charge is 0.281 e. The summed E-state index contributed by atoms with van der Waals surface area (Å²) in [5.74, 6) is 1.08. The molecule has 1 aromatic carbocycles. The maximum Gasteiger partial charge on any atom is 0.281 e. The van der Waals surface area contributed by atoms with Crippen LogP contribution in [-0.2, 0) is 22.5 Å². The molecule has 5 heterocycles. The van der Waals surface area contributed by atoms with E-state index in [0.29, 0.717) is 24.5 Å². The predicted octanol–water partition coefficient (Wildman–Crippen LogP) is 3.10. The van der Waals surface area contributed by atoms with Gasteiger partial charge in [-0.2, -0.15) is 0 Å². The molecule has 164 valence electrons.